The fourth-order valence-electron chi connectivity index (χ4n) is 2.80. The molecule has 1 aromatic heterocycles. The predicted octanol–water partition coefficient (Wildman–Crippen LogP) is 3.72. The number of aryl methyl sites for hydroxylation is 1. The van der Waals surface area contributed by atoms with Crippen LogP contribution in [-0.4, -0.2) is 26.7 Å². The van der Waals surface area contributed by atoms with Crippen molar-refractivity contribution in [1.29, 1.82) is 0 Å². The van der Waals surface area contributed by atoms with E-state index in [-0.39, 0.29) is 12.5 Å². The van der Waals surface area contributed by atoms with Crippen molar-refractivity contribution in [3.63, 3.8) is 0 Å². The Balaban J connectivity index is 1.63. The first-order valence-corrected chi connectivity index (χ1v) is 9.46. The highest BCUT2D eigenvalue weighted by molar-refractivity contribution is 5.93. The highest BCUT2D eigenvalue weighted by atomic mass is 16.5. The summed E-state index contributed by atoms with van der Waals surface area (Å²) < 4.78 is 18.3. The molecule has 154 valence electrons. The molecule has 0 radical (unpaired) electrons. The molecule has 6 heteroatoms. The van der Waals surface area contributed by atoms with Gasteiger partial charge < -0.3 is 19.5 Å². The van der Waals surface area contributed by atoms with E-state index in [9.17, 15) is 4.79 Å². The van der Waals surface area contributed by atoms with Crippen molar-refractivity contribution in [2.45, 2.75) is 0 Å². The van der Waals surface area contributed by atoms with Crippen LogP contribution in [0.2, 0.25) is 0 Å². The molecule has 0 saturated heterocycles. The third kappa shape index (κ3) is 5.61. The summed E-state index contributed by atoms with van der Waals surface area (Å²) in [6, 6.07) is 16.8. The van der Waals surface area contributed by atoms with E-state index in [0.29, 0.717) is 22.9 Å². The number of benzene rings is 2. The number of para-hydroxylation sites is 2. The first-order chi connectivity index (χ1) is 14.6. The van der Waals surface area contributed by atoms with Gasteiger partial charge in [-0.15, -0.1) is 0 Å². The van der Waals surface area contributed by atoms with Crippen LogP contribution >= 0.6 is 0 Å². The number of aromatic nitrogens is 1. The molecule has 1 amide bonds. The summed E-state index contributed by atoms with van der Waals surface area (Å²) in [5.74, 6) is 1.35. The second kappa shape index (κ2) is 10.1. The second-order valence-electron chi connectivity index (χ2n) is 6.58. The van der Waals surface area contributed by atoms with Gasteiger partial charge in [0.05, 0.1) is 19.9 Å². The number of rotatable bonds is 8. The lowest BCUT2D eigenvalue weighted by atomic mass is 10.1. The molecule has 1 heterocycles. The maximum Gasteiger partial charge on any atom is 0.262 e. The molecule has 2 aromatic carbocycles. The van der Waals surface area contributed by atoms with Crippen molar-refractivity contribution in [3.8, 4) is 17.2 Å². The smallest absolute Gasteiger partial charge is 0.262 e. The summed E-state index contributed by atoms with van der Waals surface area (Å²) in [5.41, 5.74) is 2.65. The van der Waals surface area contributed by atoms with Gasteiger partial charge in [-0.05, 0) is 35.4 Å². The van der Waals surface area contributed by atoms with Crippen molar-refractivity contribution in [2.24, 2.45) is 7.05 Å². The zero-order valence-electron chi connectivity index (χ0n) is 17.3. The van der Waals surface area contributed by atoms with E-state index in [1.165, 1.54) is 0 Å². The number of pyridine rings is 1. The SMILES string of the molecule is COc1ccccc1NC(=O)COc1ccc(/C=C/c2cc[n+](C)cc2)cc1OC. The van der Waals surface area contributed by atoms with Gasteiger partial charge in [0.25, 0.3) is 5.91 Å². The van der Waals surface area contributed by atoms with Crippen LogP contribution in [0.4, 0.5) is 5.69 Å². The fraction of sp³-hybridized carbons (Fsp3) is 0.167. The van der Waals surface area contributed by atoms with E-state index >= 15 is 0 Å². The maximum absolute atomic E-state index is 12.3. The molecule has 0 atom stereocenters. The quantitative estimate of drug-likeness (QED) is 0.581. The molecule has 0 spiro atoms. The number of nitrogens with zero attached hydrogens (tertiary/aromatic N) is 1. The van der Waals surface area contributed by atoms with Gasteiger partial charge in [0.1, 0.15) is 12.8 Å². The normalized spacial score (nSPS) is 10.6. The van der Waals surface area contributed by atoms with Crippen molar-refractivity contribution >= 4 is 23.7 Å². The minimum absolute atomic E-state index is 0.148. The van der Waals surface area contributed by atoms with Crippen LogP contribution in [0.5, 0.6) is 17.2 Å². The lowest BCUT2D eigenvalue weighted by Crippen LogP contribution is -2.25. The third-order valence-corrected chi connectivity index (χ3v) is 4.40. The summed E-state index contributed by atoms with van der Waals surface area (Å²) in [5, 5.41) is 2.78. The average molecular weight is 405 g/mol. The van der Waals surface area contributed by atoms with E-state index in [1.54, 1.807) is 32.4 Å². The first kappa shape index (κ1) is 20.9. The number of hydrogen-bond acceptors (Lipinski definition) is 4. The van der Waals surface area contributed by atoms with Gasteiger partial charge in [-0.3, -0.25) is 4.79 Å². The van der Waals surface area contributed by atoms with E-state index in [2.05, 4.69) is 5.32 Å². The number of nitrogens with one attached hydrogen (secondary N) is 1. The zero-order valence-corrected chi connectivity index (χ0v) is 17.3. The Hall–Kier alpha value is -3.80. The fourth-order valence-corrected chi connectivity index (χ4v) is 2.80. The first-order valence-electron chi connectivity index (χ1n) is 9.46. The molecule has 3 aromatic rings. The van der Waals surface area contributed by atoms with Crippen LogP contribution < -0.4 is 24.1 Å². The van der Waals surface area contributed by atoms with E-state index in [0.717, 1.165) is 11.1 Å². The summed E-state index contributed by atoms with van der Waals surface area (Å²) in [6.45, 7) is -0.148. The molecular formula is C24H25N2O4+. The van der Waals surface area contributed by atoms with Gasteiger partial charge in [0.2, 0.25) is 0 Å². The zero-order chi connectivity index (χ0) is 21.3. The van der Waals surface area contributed by atoms with Crippen LogP contribution in [0, 0.1) is 0 Å². The highest BCUT2D eigenvalue weighted by Gasteiger charge is 2.10. The maximum atomic E-state index is 12.3. The molecule has 0 saturated carbocycles. The van der Waals surface area contributed by atoms with Crippen LogP contribution in [0.1, 0.15) is 11.1 Å². The standard InChI is InChI=1S/C24H24N2O4/c1-26-14-12-18(13-15-26)8-9-19-10-11-22(23(16-19)29-3)30-17-24(27)25-20-6-4-5-7-21(20)28-2/h4-16H,17H2,1-3H3/p+1/b9-8+. The lowest BCUT2D eigenvalue weighted by Gasteiger charge is -2.13. The van der Waals surface area contributed by atoms with Crippen LogP contribution in [0.15, 0.2) is 67.0 Å². The Kier molecular flexibility index (Phi) is 7.05. The molecule has 1 N–H and O–H groups in total. The van der Waals surface area contributed by atoms with Gasteiger partial charge in [-0.2, -0.15) is 0 Å². The molecular weight excluding hydrogens is 380 g/mol. The monoisotopic (exact) mass is 405 g/mol. The number of amides is 1. The molecule has 0 unspecified atom stereocenters. The van der Waals surface area contributed by atoms with Crippen molar-refractivity contribution in [2.75, 3.05) is 26.1 Å². The summed E-state index contributed by atoms with van der Waals surface area (Å²) in [4.78, 5) is 12.3. The lowest BCUT2D eigenvalue weighted by molar-refractivity contribution is -0.671. The van der Waals surface area contributed by atoms with E-state index in [4.69, 9.17) is 14.2 Å². The Labute approximate surface area is 176 Å². The Morgan fingerprint density at radius 2 is 1.60 bits per heavy atom. The number of anilines is 1. The molecule has 0 aliphatic rings. The van der Waals surface area contributed by atoms with Gasteiger partial charge in [0, 0.05) is 12.1 Å². The van der Waals surface area contributed by atoms with Crippen LogP contribution in [0.25, 0.3) is 12.2 Å². The number of ether oxygens (including phenoxy) is 3. The van der Waals surface area contributed by atoms with Crippen molar-refractivity contribution in [1.82, 2.24) is 0 Å². The average Bonchev–Trinajstić information content (AvgIpc) is 2.78. The number of carbonyl (C=O) groups is 1. The van der Waals surface area contributed by atoms with E-state index in [1.807, 2.05) is 72.6 Å². The molecule has 0 aliphatic heterocycles. The largest absolute Gasteiger partial charge is 0.495 e. The third-order valence-electron chi connectivity index (χ3n) is 4.40. The summed E-state index contributed by atoms with van der Waals surface area (Å²) >= 11 is 0. The molecule has 3 rings (SSSR count). The summed E-state index contributed by atoms with van der Waals surface area (Å²) in [6.07, 6.45) is 8.01. The van der Waals surface area contributed by atoms with Gasteiger partial charge in [-0.1, -0.05) is 30.4 Å². The topological polar surface area (TPSA) is 60.7 Å². The molecule has 0 bridgehead atoms. The van der Waals surface area contributed by atoms with E-state index < -0.39 is 0 Å². The van der Waals surface area contributed by atoms with Gasteiger partial charge in [0.15, 0.2) is 30.5 Å². The van der Waals surface area contributed by atoms with Gasteiger partial charge >= 0.3 is 0 Å². The number of carbonyl (C=O) groups excluding carboxylic acids is 1. The highest BCUT2D eigenvalue weighted by Crippen LogP contribution is 2.29. The minimum atomic E-state index is -0.289. The van der Waals surface area contributed by atoms with Crippen LogP contribution in [-0.2, 0) is 11.8 Å². The van der Waals surface area contributed by atoms with Crippen LogP contribution in [0.3, 0.4) is 0 Å². The molecule has 0 fully saturated rings. The Morgan fingerprint density at radius 3 is 2.33 bits per heavy atom. The Morgan fingerprint density at radius 1 is 0.900 bits per heavy atom. The second-order valence-corrected chi connectivity index (χ2v) is 6.58. The van der Waals surface area contributed by atoms with Gasteiger partial charge in [-0.25, -0.2) is 4.57 Å². The summed E-state index contributed by atoms with van der Waals surface area (Å²) in [7, 11) is 5.11. The number of methoxy groups -OCH3 is 2. The minimum Gasteiger partial charge on any atom is -0.495 e. The number of hydrogen-bond donors (Lipinski definition) is 1. The predicted molar refractivity (Wildman–Crippen MR) is 117 cm³/mol. The Bertz CT molecular complexity index is 1030. The molecule has 0 aliphatic carbocycles. The van der Waals surface area contributed by atoms with Crippen molar-refractivity contribution in [3.05, 3.63) is 78.1 Å². The van der Waals surface area contributed by atoms with Crippen molar-refractivity contribution < 1.29 is 23.6 Å². The molecule has 30 heavy (non-hydrogen) atoms. The molecule has 6 nitrogen and oxygen atoms in total.